The first-order chi connectivity index (χ1) is 10.9. The highest BCUT2D eigenvalue weighted by Gasteiger charge is 2.16. The molecule has 0 aromatic carbocycles. The number of nitrogens with two attached hydrogens (primary N) is 1. The van der Waals surface area contributed by atoms with Crippen molar-refractivity contribution in [3.05, 3.63) is 25.1 Å². The number of unbranched alkanes of at least 4 members (excludes halogenated alkanes) is 10. The molecule has 0 fully saturated rings. The van der Waals surface area contributed by atoms with Gasteiger partial charge in [-0.15, -0.1) is 6.58 Å². The van der Waals surface area contributed by atoms with Crippen molar-refractivity contribution < 1.29 is 0 Å². The maximum absolute atomic E-state index is 5.63. The fraction of sp³-hybridized carbons (Fsp3) is 0.789. The molecule has 3 N–H and O–H groups in total. The van der Waals surface area contributed by atoms with Crippen molar-refractivity contribution >= 4 is 0 Å². The van der Waals surface area contributed by atoms with Gasteiger partial charge < -0.3 is 16.0 Å². The summed E-state index contributed by atoms with van der Waals surface area (Å²) in [5, 5.41) is 3.41. The fourth-order valence-electron chi connectivity index (χ4n) is 3.12. The van der Waals surface area contributed by atoms with Crippen LogP contribution in [0.3, 0.4) is 0 Å². The van der Waals surface area contributed by atoms with Crippen molar-refractivity contribution in [2.75, 3.05) is 13.1 Å². The number of allylic oxidation sites excluding steroid dienone is 1. The van der Waals surface area contributed by atoms with Crippen LogP contribution in [-0.4, -0.2) is 24.2 Å². The Labute approximate surface area is 138 Å². The Morgan fingerprint density at radius 2 is 1.55 bits per heavy atom. The number of nitrogens with one attached hydrogen (secondary N) is 1. The van der Waals surface area contributed by atoms with Crippen LogP contribution < -0.4 is 11.1 Å². The molecule has 1 atom stereocenters. The van der Waals surface area contributed by atoms with Crippen LogP contribution in [0.5, 0.6) is 0 Å². The number of hydrogen-bond donors (Lipinski definition) is 2. The quantitative estimate of drug-likeness (QED) is 0.345. The van der Waals surface area contributed by atoms with Crippen LogP contribution in [0.2, 0.25) is 0 Å². The Balaban J connectivity index is 1.81. The smallest absolute Gasteiger partial charge is 0.0981 e. The van der Waals surface area contributed by atoms with E-state index in [-0.39, 0.29) is 0 Å². The van der Waals surface area contributed by atoms with Gasteiger partial charge in [-0.1, -0.05) is 57.4 Å². The van der Waals surface area contributed by atoms with E-state index in [2.05, 4.69) is 29.2 Å². The van der Waals surface area contributed by atoms with E-state index in [9.17, 15) is 0 Å². The Bertz CT molecular complexity index is 288. The first kappa shape index (κ1) is 19.1. The molecule has 1 unspecified atom stereocenters. The van der Waals surface area contributed by atoms with Crippen molar-refractivity contribution in [1.82, 2.24) is 10.2 Å². The van der Waals surface area contributed by atoms with Gasteiger partial charge in [-0.25, -0.2) is 0 Å². The van der Waals surface area contributed by atoms with E-state index in [1.54, 1.807) is 0 Å². The molecule has 1 heterocycles. The molecular weight excluding hydrogens is 270 g/mol. The lowest BCUT2D eigenvalue weighted by molar-refractivity contribution is 0.264. The molecule has 0 radical (unpaired) electrons. The van der Waals surface area contributed by atoms with Gasteiger partial charge in [0.1, 0.15) is 0 Å². The second-order valence-corrected chi connectivity index (χ2v) is 6.43. The Kier molecular flexibility index (Phi) is 11.9. The summed E-state index contributed by atoms with van der Waals surface area (Å²) >= 11 is 0. The van der Waals surface area contributed by atoms with Crippen LogP contribution in [0.4, 0.5) is 0 Å². The molecule has 0 aromatic heterocycles. The molecule has 22 heavy (non-hydrogen) atoms. The Morgan fingerprint density at radius 1 is 0.955 bits per heavy atom. The van der Waals surface area contributed by atoms with E-state index in [1.165, 1.54) is 77.0 Å². The minimum atomic E-state index is 0.485. The van der Waals surface area contributed by atoms with Crippen molar-refractivity contribution in [2.24, 2.45) is 5.73 Å². The van der Waals surface area contributed by atoms with E-state index in [0.717, 1.165) is 13.1 Å². The van der Waals surface area contributed by atoms with Crippen LogP contribution in [0.15, 0.2) is 25.1 Å². The summed E-state index contributed by atoms with van der Waals surface area (Å²) < 4.78 is 0. The van der Waals surface area contributed by atoms with Crippen LogP contribution in [0.1, 0.15) is 77.0 Å². The van der Waals surface area contributed by atoms with Gasteiger partial charge in [0.15, 0.2) is 0 Å². The first-order valence-corrected chi connectivity index (χ1v) is 9.38. The molecule has 128 valence electrons. The summed E-state index contributed by atoms with van der Waals surface area (Å²) in [6, 6.07) is 0. The largest absolute Gasteiger partial charge is 0.370 e. The van der Waals surface area contributed by atoms with Gasteiger partial charge in [-0.05, 0) is 25.7 Å². The van der Waals surface area contributed by atoms with Gasteiger partial charge in [0.25, 0.3) is 0 Å². The predicted molar refractivity (Wildman–Crippen MR) is 97.4 cm³/mol. The highest BCUT2D eigenvalue weighted by atomic mass is 15.3. The second kappa shape index (κ2) is 13.7. The lowest BCUT2D eigenvalue weighted by Crippen LogP contribution is -2.37. The number of hydrogen-bond acceptors (Lipinski definition) is 3. The summed E-state index contributed by atoms with van der Waals surface area (Å²) in [5.41, 5.74) is 5.63. The first-order valence-electron chi connectivity index (χ1n) is 9.38. The van der Waals surface area contributed by atoms with Gasteiger partial charge in [0.05, 0.1) is 6.17 Å². The fourth-order valence-corrected chi connectivity index (χ4v) is 3.12. The lowest BCUT2D eigenvalue weighted by atomic mass is 10.0. The third-order valence-corrected chi connectivity index (χ3v) is 4.48. The van der Waals surface area contributed by atoms with E-state index in [4.69, 9.17) is 5.73 Å². The topological polar surface area (TPSA) is 41.3 Å². The van der Waals surface area contributed by atoms with Crippen molar-refractivity contribution in [2.45, 2.75) is 83.2 Å². The highest BCUT2D eigenvalue weighted by Crippen LogP contribution is 2.15. The van der Waals surface area contributed by atoms with Gasteiger partial charge in [-0.2, -0.15) is 0 Å². The molecule has 0 saturated carbocycles. The third kappa shape index (κ3) is 9.14. The van der Waals surface area contributed by atoms with E-state index in [1.807, 2.05) is 6.08 Å². The minimum Gasteiger partial charge on any atom is -0.370 e. The maximum atomic E-state index is 5.63. The van der Waals surface area contributed by atoms with Gasteiger partial charge >= 0.3 is 0 Å². The second-order valence-electron chi connectivity index (χ2n) is 6.43. The Morgan fingerprint density at radius 3 is 2.14 bits per heavy atom. The third-order valence-electron chi connectivity index (χ3n) is 4.48. The molecule has 3 nitrogen and oxygen atoms in total. The zero-order chi connectivity index (χ0) is 15.9. The molecule has 1 rings (SSSR count). The monoisotopic (exact) mass is 307 g/mol. The average molecular weight is 308 g/mol. The summed E-state index contributed by atoms with van der Waals surface area (Å²) in [5.74, 6) is 0. The van der Waals surface area contributed by atoms with Crippen LogP contribution in [0.25, 0.3) is 0 Å². The van der Waals surface area contributed by atoms with Crippen molar-refractivity contribution in [3.8, 4) is 0 Å². The summed E-state index contributed by atoms with van der Waals surface area (Å²) in [6.07, 6.45) is 23.0. The standard InChI is InChI=1S/C19H37N3/c1-2-3-4-5-6-7-8-9-10-11-12-13-14-19-21-16-18-22(19)17-15-20/h2,16,18-19,21H,1,3-15,17,20H2. The van der Waals surface area contributed by atoms with Crippen molar-refractivity contribution in [1.29, 1.82) is 0 Å². The number of nitrogens with zero attached hydrogens (tertiary/aromatic N) is 1. The average Bonchev–Trinajstić information content (AvgIpc) is 2.96. The SMILES string of the molecule is C=CCCCCCCCCCCCCC1NC=CN1CCN. The van der Waals surface area contributed by atoms with Gasteiger partial charge in [-0.3, -0.25) is 0 Å². The molecule has 0 saturated heterocycles. The van der Waals surface area contributed by atoms with E-state index in [0.29, 0.717) is 6.17 Å². The number of rotatable bonds is 15. The molecule has 3 heteroatoms. The van der Waals surface area contributed by atoms with Crippen LogP contribution >= 0.6 is 0 Å². The summed E-state index contributed by atoms with van der Waals surface area (Å²) in [7, 11) is 0. The van der Waals surface area contributed by atoms with Crippen LogP contribution in [-0.2, 0) is 0 Å². The molecule has 0 bridgehead atoms. The summed E-state index contributed by atoms with van der Waals surface area (Å²) in [4.78, 5) is 2.33. The van der Waals surface area contributed by atoms with E-state index < -0.39 is 0 Å². The maximum Gasteiger partial charge on any atom is 0.0981 e. The van der Waals surface area contributed by atoms with Gasteiger partial charge in [0.2, 0.25) is 0 Å². The lowest BCUT2D eigenvalue weighted by Gasteiger charge is -2.25. The zero-order valence-electron chi connectivity index (χ0n) is 14.4. The molecule has 0 spiro atoms. The van der Waals surface area contributed by atoms with E-state index >= 15 is 0 Å². The molecular formula is C19H37N3. The highest BCUT2D eigenvalue weighted by molar-refractivity contribution is 4.94. The van der Waals surface area contributed by atoms with Crippen molar-refractivity contribution in [3.63, 3.8) is 0 Å². The normalized spacial score (nSPS) is 17.0. The van der Waals surface area contributed by atoms with Crippen LogP contribution in [0, 0.1) is 0 Å². The molecule has 1 aliphatic heterocycles. The minimum absolute atomic E-state index is 0.485. The summed E-state index contributed by atoms with van der Waals surface area (Å²) in [6.45, 7) is 5.46. The Hall–Kier alpha value is -0.960. The molecule has 0 amide bonds. The zero-order valence-corrected chi connectivity index (χ0v) is 14.4. The van der Waals surface area contributed by atoms with Gasteiger partial charge in [0, 0.05) is 25.5 Å². The molecule has 0 aliphatic carbocycles. The predicted octanol–water partition coefficient (Wildman–Crippen LogP) is 4.51. The molecule has 0 aromatic rings. The molecule has 1 aliphatic rings.